The van der Waals surface area contributed by atoms with Gasteiger partial charge in [-0.05, 0) is 57.8 Å². The number of esters is 3. The normalized spacial score (nSPS) is 12.2. The largest absolute Gasteiger partial charge is 0.462 e. The third-order valence-corrected chi connectivity index (χ3v) is 16.9. The van der Waals surface area contributed by atoms with Gasteiger partial charge in [-0.1, -0.05) is 372 Å². The first-order valence-electron chi connectivity index (χ1n) is 37.0. The Morgan fingerprint density at radius 2 is 0.439 bits per heavy atom. The SMILES string of the molecule is CCCCC/C=C\C/C=C\C/C=C\CCCCCCCCC(=O)OC(COC(=O)CCCCCCCCCCCCCCCCCCCCC)COC(=O)CCCCCCCCCCCCCCCCCCCCCCCCCCCC. The molecule has 0 aromatic heterocycles. The van der Waals surface area contributed by atoms with Crippen molar-refractivity contribution in [2.75, 3.05) is 13.2 Å². The predicted molar refractivity (Wildman–Crippen MR) is 358 cm³/mol. The average molecular weight is 1150 g/mol. The molecule has 0 aliphatic rings. The van der Waals surface area contributed by atoms with E-state index in [1.54, 1.807) is 0 Å². The summed E-state index contributed by atoms with van der Waals surface area (Å²) in [6.07, 6.45) is 88.9. The average Bonchev–Trinajstić information content (AvgIpc) is 3.48. The number of carbonyl (C=O) groups excluding carboxylic acids is 3. The van der Waals surface area contributed by atoms with E-state index < -0.39 is 6.10 Å². The first-order chi connectivity index (χ1) is 40.5. The Kier molecular flexibility index (Phi) is 69.1. The summed E-state index contributed by atoms with van der Waals surface area (Å²) < 4.78 is 17.0. The third-order valence-electron chi connectivity index (χ3n) is 16.9. The second-order valence-corrected chi connectivity index (χ2v) is 25.2. The maximum Gasteiger partial charge on any atom is 0.306 e. The lowest BCUT2D eigenvalue weighted by molar-refractivity contribution is -0.167. The molecular weight excluding hydrogens is 1010 g/mol. The zero-order valence-corrected chi connectivity index (χ0v) is 55.5. The molecular formula is C76H142O6. The Bertz CT molecular complexity index is 1370. The molecule has 82 heavy (non-hydrogen) atoms. The van der Waals surface area contributed by atoms with Crippen LogP contribution in [-0.4, -0.2) is 37.2 Å². The van der Waals surface area contributed by atoms with Gasteiger partial charge in [-0.15, -0.1) is 0 Å². The first-order valence-corrected chi connectivity index (χ1v) is 37.0. The molecule has 0 amide bonds. The highest BCUT2D eigenvalue weighted by molar-refractivity contribution is 5.71. The van der Waals surface area contributed by atoms with Crippen LogP contribution in [0.1, 0.15) is 412 Å². The van der Waals surface area contributed by atoms with Crippen LogP contribution < -0.4 is 0 Å². The van der Waals surface area contributed by atoms with E-state index in [0.29, 0.717) is 19.3 Å². The molecule has 0 aromatic carbocycles. The smallest absolute Gasteiger partial charge is 0.306 e. The second kappa shape index (κ2) is 71.1. The molecule has 0 aliphatic carbocycles. The van der Waals surface area contributed by atoms with Gasteiger partial charge in [-0.2, -0.15) is 0 Å². The predicted octanol–water partition coefficient (Wildman–Crippen LogP) is 25.5. The summed E-state index contributed by atoms with van der Waals surface area (Å²) in [5.41, 5.74) is 0. The van der Waals surface area contributed by atoms with E-state index in [4.69, 9.17) is 14.2 Å². The van der Waals surface area contributed by atoms with E-state index in [-0.39, 0.29) is 31.1 Å². The zero-order chi connectivity index (χ0) is 59.2. The quantitative estimate of drug-likeness (QED) is 0.0261. The second-order valence-electron chi connectivity index (χ2n) is 25.2. The summed E-state index contributed by atoms with van der Waals surface area (Å²) >= 11 is 0. The van der Waals surface area contributed by atoms with Gasteiger partial charge in [-0.25, -0.2) is 0 Å². The molecule has 0 bridgehead atoms. The van der Waals surface area contributed by atoms with Crippen molar-refractivity contribution in [3.05, 3.63) is 36.5 Å². The van der Waals surface area contributed by atoms with Crippen molar-refractivity contribution >= 4 is 17.9 Å². The molecule has 0 radical (unpaired) electrons. The summed E-state index contributed by atoms with van der Waals surface area (Å²) in [7, 11) is 0. The van der Waals surface area contributed by atoms with Gasteiger partial charge < -0.3 is 14.2 Å². The summed E-state index contributed by atoms with van der Waals surface area (Å²) in [6.45, 7) is 6.69. The highest BCUT2D eigenvalue weighted by atomic mass is 16.6. The van der Waals surface area contributed by atoms with Gasteiger partial charge in [0, 0.05) is 19.3 Å². The monoisotopic (exact) mass is 1150 g/mol. The number of ether oxygens (including phenoxy) is 3. The number of allylic oxidation sites excluding steroid dienone is 6. The molecule has 0 saturated heterocycles. The maximum absolute atomic E-state index is 13.0. The molecule has 0 aliphatic heterocycles. The van der Waals surface area contributed by atoms with Gasteiger partial charge in [0.15, 0.2) is 6.10 Å². The molecule has 0 N–H and O–H groups in total. The lowest BCUT2D eigenvalue weighted by Gasteiger charge is -2.18. The van der Waals surface area contributed by atoms with Crippen molar-refractivity contribution < 1.29 is 28.6 Å². The third kappa shape index (κ3) is 68.4. The fourth-order valence-corrected chi connectivity index (χ4v) is 11.3. The highest BCUT2D eigenvalue weighted by Gasteiger charge is 2.20. The summed E-state index contributed by atoms with van der Waals surface area (Å²) in [5, 5.41) is 0. The van der Waals surface area contributed by atoms with Crippen molar-refractivity contribution in [2.45, 2.75) is 419 Å². The number of hydrogen-bond acceptors (Lipinski definition) is 6. The van der Waals surface area contributed by atoms with Crippen LogP contribution in [-0.2, 0) is 28.6 Å². The molecule has 1 atom stereocenters. The van der Waals surface area contributed by atoms with Crippen molar-refractivity contribution in [3.63, 3.8) is 0 Å². The topological polar surface area (TPSA) is 78.9 Å². The standard InChI is InChI=1S/C76H142O6/c1-4-7-10-13-16-19-22-25-28-31-34-35-36-37-38-39-40-43-45-48-51-54-57-60-63-66-69-75(78)81-72-73(82-76(79)70-67-64-61-58-55-52-49-46-42-33-30-27-24-21-18-15-12-9-6-3)71-80-74(77)68-65-62-59-56-53-50-47-44-41-32-29-26-23-20-17-14-11-8-5-2/h18,21,27,30,42,46,73H,4-17,19-20,22-26,28-29,31-41,43-45,47-72H2,1-3H3/b21-18-,30-27-,46-42-. The molecule has 6 heteroatoms. The van der Waals surface area contributed by atoms with Crippen molar-refractivity contribution in [3.8, 4) is 0 Å². The lowest BCUT2D eigenvalue weighted by atomic mass is 10.0. The molecule has 0 fully saturated rings. The van der Waals surface area contributed by atoms with E-state index in [9.17, 15) is 14.4 Å². The Balaban J connectivity index is 4.28. The van der Waals surface area contributed by atoms with Crippen molar-refractivity contribution in [2.24, 2.45) is 0 Å². The molecule has 0 rings (SSSR count). The first kappa shape index (κ1) is 79.6. The minimum atomic E-state index is -0.778. The van der Waals surface area contributed by atoms with Gasteiger partial charge in [0.2, 0.25) is 0 Å². The van der Waals surface area contributed by atoms with Crippen LogP contribution in [0.5, 0.6) is 0 Å². The van der Waals surface area contributed by atoms with E-state index in [1.807, 2.05) is 0 Å². The van der Waals surface area contributed by atoms with Crippen LogP contribution in [0, 0.1) is 0 Å². The molecule has 1 unspecified atom stereocenters. The minimum Gasteiger partial charge on any atom is -0.462 e. The molecule has 0 spiro atoms. The van der Waals surface area contributed by atoms with Crippen LogP contribution in [0.4, 0.5) is 0 Å². The fraction of sp³-hybridized carbons (Fsp3) is 0.882. The highest BCUT2D eigenvalue weighted by Crippen LogP contribution is 2.19. The Labute approximate surface area is 512 Å². The fourth-order valence-electron chi connectivity index (χ4n) is 11.3. The summed E-state index contributed by atoms with van der Waals surface area (Å²) in [5.74, 6) is -0.850. The summed E-state index contributed by atoms with van der Waals surface area (Å²) in [6, 6.07) is 0. The number of unbranched alkanes of at least 4 members (excludes halogenated alkanes) is 52. The molecule has 0 heterocycles. The number of hydrogen-bond donors (Lipinski definition) is 0. The van der Waals surface area contributed by atoms with E-state index in [2.05, 4.69) is 57.2 Å². The van der Waals surface area contributed by atoms with Crippen LogP contribution in [0.25, 0.3) is 0 Å². The summed E-state index contributed by atoms with van der Waals surface area (Å²) in [4.78, 5) is 38.5. The molecule has 6 nitrogen and oxygen atoms in total. The van der Waals surface area contributed by atoms with Crippen molar-refractivity contribution in [1.82, 2.24) is 0 Å². The van der Waals surface area contributed by atoms with Gasteiger partial charge in [0.05, 0.1) is 0 Å². The van der Waals surface area contributed by atoms with Gasteiger partial charge in [0.1, 0.15) is 13.2 Å². The van der Waals surface area contributed by atoms with Gasteiger partial charge in [-0.3, -0.25) is 14.4 Å². The minimum absolute atomic E-state index is 0.0716. The van der Waals surface area contributed by atoms with E-state index >= 15 is 0 Å². The molecule has 0 saturated carbocycles. The molecule has 0 aromatic rings. The number of rotatable bonds is 69. The Morgan fingerprint density at radius 3 is 0.707 bits per heavy atom. The van der Waals surface area contributed by atoms with Crippen molar-refractivity contribution in [1.29, 1.82) is 0 Å². The maximum atomic E-state index is 13.0. The Hall–Kier alpha value is -2.37. The molecule has 482 valence electrons. The van der Waals surface area contributed by atoms with E-state index in [0.717, 1.165) is 77.0 Å². The Morgan fingerprint density at radius 1 is 0.244 bits per heavy atom. The zero-order valence-electron chi connectivity index (χ0n) is 55.5. The van der Waals surface area contributed by atoms with Crippen LogP contribution >= 0.6 is 0 Å². The lowest BCUT2D eigenvalue weighted by Crippen LogP contribution is -2.30. The number of carbonyl (C=O) groups is 3. The van der Waals surface area contributed by atoms with Gasteiger partial charge >= 0.3 is 17.9 Å². The van der Waals surface area contributed by atoms with Crippen LogP contribution in [0.3, 0.4) is 0 Å². The van der Waals surface area contributed by atoms with Crippen LogP contribution in [0.15, 0.2) is 36.5 Å². The van der Waals surface area contributed by atoms with Gasteiger partial charge in [0.25, 0.3) is 0 Å². The van der Waals surface area contributed by atoms with Crippen LogP contribution in [0.2, 0.25) is 0 Å². The van der Waals surface area contributed by atoms with E-state index in [1.165, 1.54) is 295 Å².